The van der Waals surface area contributed by atoms with E-state index in [9.17, 15) is 0 Å². The number of aryl methyl sites for hydroxylation is 1. The number of benzene rings is 1. The average Bonchev–Trinajstić information content (AvgIpc) is 2.90. The van der Waals surface area contributed by atoms with Crippen LogP contribution in [0, 0.1) is 0 Å². The van der Waals surface area contributed by atoms with Crippen molar-refractivity contribution in [2.24, 2.45) is 0 Å². The molecule has 0 unspecified atom stereocenters. The zero-order valence-electron chi connectivity index (χ0n) is 11.3. The van der Waals surface area contributed by atoms with E-state index in [4.69, 9.17) is 11.6 Å². The summed E-state index contributed by atoms with van der Waals surface area (Å²) in [6.07, 6.45) is 3.21. The highest BCUT2D eigenvalue weighted by atomic mass is 79.9. The van der Waals surface area contributed by atoms with Crippen LogP contribution in [0.3, 0.4) is 0 Å². The van der Waals surface area contributed by atoms with Crippen LogP contribution in [0.2, 0.25) is 5.02 Å². The zero-order chi connectivity index (χ0) is 14.4. The van der Waals surface area contributed by atoms with Gasteiger partial charge in [-0.2, -0.15) is 0 Å². The molecule has 3 nitrogen and oxygen atoms in total. The lowest BCUT2D eigenvalue weighted by Gasteiger charge is -2.01. The lowest BCUT2D eigenvalue weighted by Crippen LogP contribution is -2.16. The Morgan fingerprint density at radius 2 is 2.15 bits per heavy atom. The first kappa shape index (κ1) is 15.9. The highest BCUT2D eigenvalue weighted by molar-refractivity contribution is 9.10. The summed E-state index contributed by atoms with van der Waals surface area (Å²) in [6, 6.07) is 5.86. The first-order valence-corrected chi connectivity index (χ1v) is 8.68. The van der Waals surface area contributed by atoms with Crippen LogP contribution in [0.1, 0.15) is 24.8 Å². The van der Waals surface area contributed by atoms with Crippen molar-refractivity contribution in [3.8, 4) is 10.6 Å². The van der Waals surface area contributed by atoms with E-state index in [0.29, 0.717) is 5.02 Å². The maximum Gasteiger partial charge on any atom is 0.149 e. The molecule has 1 N–H and O–H groups in total. The van der Waals surface area contributed by atoms with Gasteiger partial charge in [-0.05, 0) is 47.9 Å². The molecular weight excluding hydrogens is 358 g/mol. The number of hydrogen-bond acceptors (Lipinski definition) is 4. The number of nitrogens with one attached hydrogen (secondary N) is 1. The summed E-state index contributed by atoms with van der Waals surface area (Å²) >= 11 is 11.3. The molecule has 0 spiro atoms. The summed E-state index contributed by atoms with van der Waals surface area (Å²) < 4.78 is 0.886. The lowest BCUT2D eigenvalue weighted by atomic mass is 10.2. The molecule has 1 heterocycles. The smallest absolute Gasteiger partial charge is 0.149 e. The van der Waals surface area contributed by atoms with Crippen LogP contribution < -0.4 is 5.32 Å². The van der Waals surface area contributed by atoms with Gasteiger partial charge in [-0.15, -0.1) is 10.2 Å². The van der Waals surface area contributed by atoms with Gasteiger partial charge >= 0.3 is 0 Å². The molecule has 0 saturated heterocycles. The standard InChI is InChI=1S/C14H17BrClN3S/c1-2-8-17-9-4-7-12-18-19-14(20-12)10-5-3-6-11(15)13(10)16/h3,5-6,17H,2,4,7-9H2,1H3. The van der Waals surface area contributed by atoms with Gasteiger partial charge < -0.3 is 5.32 Å². The van der Waals surface area contributed by atoms with Crippen LogP contribution in [0.5, 0.6) is 0 Å². The molecule has 0 radical (unpaired) electrons. The maximum absolute atomic E-state index is 6.28. The first-order valence-electron chi connectivity index (χ1n) is 6.70. The van der Waals surface area contributed by atoms with Gasteiger partial charge in [0.25, 0.3) is 0 Å². The van der Waals surface area contributed by atoms with Crippen molar-refractivity contribution in [3.63, 3.8) is 0 Å². The Hall–Kier alpha value is -0.490. The van der Waals surface area contributed by atoms with Gasteiger partial charge in [-0.25, -0.2) is 0 Å². The van der Waals surface area contributed by atoms with Crippen molar-refractivity contribution in [3.05, 3.63) is 32.7 Å². The predicted molar refractivity (Wildman–Crippen MR) is 89.5 cm³/mol. The van der Waals surface area contributed by atoms with E-state index in [1.165, 1.54) is 6.42 Å². The molecule has 0 aliphatic carbocycles. The Labute approximate surface area is 136 Å². The van der Waals surface area contributed by atoms with Gasteiger partial charge in [-0.1, -0.05) is 42.0 Å². The Balaban J connectivity index is 1.97. The van der Waals surface area contributed by atoms with Gasteiger partial charge in [0.05, 0.1) is 5.02 Å². The van der Waals surface area contributed by atoms with E-state index in [-0.39, 0.29) is 0 Å². The highest BCUT2D eigenvalue weighted by Gasteiger charge is 2.11. The topological polar surface area (TPSA) is 37.8 Å². The molecule has 20 heavy (non-hydrogen) atoms. The van der Waals surface area contributed by atoms with Gasteiger partial charge in [-0.3, -0.25) is 0 Å². The minimum atomic E-state index is 0.694. The van der Waals surface area contributed by atoms with Crippen molar-refractivity contribution >= 4 is 38.9 Å². The third-order valence-corrected chi connectivity index (χ3v) is 5.13. The molecule has 6 heteroatoms. The van der Waals surface area contributed by atoms with E-state index in [1.54, 1.807) is 11.3 Å². The summed E-state index contributed by atoms with van der Waals surface area (Å²) in [5.74, 6) is 0. The molecule has 0 aliphatic rings. The van der Waals surface area contributed by atoms with Crippen LogP contribution in [-0.2, 0) is 6.42 Å². The van der Waals surface area contributed by atoms with Gasteiger partial charge in [0, 0.05) is 16.5 Å². The largest absolute Gasteiger partial charge is 0.317 e. The molecule has 1 aromatic carbocycles. The monoisotopic (exact) mass is 373 g/mol. The number of rotatable bonds is 7. The van der Waals surface area contributed by atoms with E-state index >= 15 is 0 Å². The Morgan fingerprint density at radius 3 is 2.95 bits per heavy atom. The predicted octanol–water partition coefficient (Wildman–Crippen LogP) is 4.55. The highest BCUT2D eigenvalue weighted by Crippen LogP contribution is 2.35. The second kappa shape index (κ2) is 8.08. The normalized spacial score (nSPS) is 10.9. The van der Waals surface area contributed by atoms with Crippen molar-refractivity contribution < 1.29 is 0 Å². The average molecular weight is 375 g/mol. The summed E-state index contributed by atoms with van der Waals surface area (Å²) in [6.45, 7) is 4.28. The van der Waals surface area contributed by atoms with Gasteiger partial charge in [0.2, 0.25) is 0 Å². The number of aromatic nitrogens is 2. The molecule has 108 valence electrons. The van der Waals surface area contributed by atoms with Crippen molar-refractivity contribution in [2.45, 2.75) is 26.2 Å². The second-order valence-electron chi connectivity index (χ2n) is 4.46. The third-order valence-electron chi connectivity index (χ3n) is 2.82. The van der Waals surface area contributed by atoms with E-state index in [0.717, 1.165) is 46.0 Å². The fourth-order valence-electron chi connectivity index (χ4n) is 1.80. The molecule has 1 aromatic heterocycles. The second-order valence-corrected chi connectivity index (χ2v) is 6.75. The van der Waals surface area contributed by atoms with Crippen LogP contribution >= 0.6 is 38.9 Å². The summed E-state index contributed by atoms with van der Waals surface area (Å²) in [5.41, 5.74) is 0.939. The summed E-state index contributed by atoms with van der Waals surface area (Å²) in [5, 5.41) is 14.5. The molecule has 0 saturated carbocycles. The molecule has 0 fully saturated rings. The SMILES string of the molecule is CCCNCCCc1nnc(-c2cccc(Br)c2Cl)s1. The van der Waals surface area contributed by atoms with Crippen LogP contribution in [-0.4, -0.2) is 23.3 Å². The Bertz CT molecular complexity index is 559. The van der Waals surface area contributed by atoms with Gasteiger partial charge in [0.15, 0.2) is 0 Å². The van der Waals surface area contributed by atoms with E-state index in [1.807, 2.05) is 18.2 Å². The molecule has 0 amide bonds. The number of hydrogen-bond donors (Lipinski definition) is 1. The van der Waals surface area contributed by atoms with Crippen LogP contribution in [0.4, 0.5) is 0 Å². The number of nitrogens with zero attached hydrogens (tertiary/aromatic N) is 2. The third kappa shape index (κ3) is 4.25. The minimum absolute atomic E-state index is 0.694. The van der Waals surface area contributed by atoms with E-state index < -0.39 is 0 Å². The number of halogens is 2. The molecule has 2 rings (SSSR count). The lowest BCUT2D eigenvalue weighted by molar-refractivity contribution is 0.637. The fourth-order valence-corrected chi connectivity index (χ4v) is 3.35. The minimum Gasteiger partial charge on any atom is -0.317 e. The molecule has 0 atom stereocenters. The first-order chi connectivity index (χ1) is 9.72. The maximum atomic E-state index is 6.28. The van der Waals surface area contributed by atoms with Crippen molar-refractivity contribution in [2.75, 3.05) is 13.1 Å². The quantitative estimate of drug-likeness (QED) is 0.722. The van der Waals surface area contributed by atoms with Crippen molar-refractivity contribution in [1.29, 1.82) is 0 Å². The van der Waals surface area contributed by atoms with E-state index in [2.05, 4.69) is 38.4 Å². The van der Waals surface area contributed by atoms with Crippen LogP contribution in [0.25, 0.3) is 10.6 Å². The summed E-state index contributed by atoms with van der Waals surface area (Å²) in [4.78, 5) is 0. The Morgan fingerprint density at radius 1 is 1.30 bits per heavy atom. The Kier molecular flexibility index (Phi) is 6.42. The fraction of sp³-hybridized carbons (Fsp3) is 0.429. The molecule has 0 aliphatic heterocycles. The molecular formula is C14H17BrClN3S. The van der Waals surface area contributed by atoms with Crippen molar-refractivity contribution in [1.82, 2.24) is 15.5 Å². The van der Waals surface area contributed by atoms with Crippen LogP contribution in [0.15, 0.2) is 22.7 Å². The van der Waals surface area contributed by atoms with Gasteiger partial charge in [0.1, 0.15) is 10.0 Å². The zero-order valence-corrected chi connectivity index (χ0v) is 14.5. The molecule has 0 bridgehead atoms. The molecule has 2 aromatic rings. The summed E-state index contributed by atoms with van der Waals surface area (Å²) in [7, 11) is 0.